The minimum Gasteiger partial charge on any atom is -0.465 e. The zero-order chi connectivity index (χ0) is 14.7. The molecule has 0 unspecified atom stereocenters. The number of hydrogen-bond donors (Lipinski definition) is 2. The van der Waals surface area contributed by atoms with Crippen molar-refractivity contribution >= 4 is 34.7 Å². The first kappa shape index (κ1) is 14.0. The largest absolute Gasteiger partial charge is 0.465 e. The highest BCUT2D eigenvalue weighted by atomic mass is 32.1. The van der Waals surface area contributed by atoms with E-state index in [2.05, 4.69) is 15.0 Å². The van der Waals surface area contributed by atoms with Crippen LogP contribution in [-0.4, -0.2) is 29.8 Å². The molecule has 0 radical (unpaired) electrons. The van der Waals surface area contributed by atoms with Crippen LogP contribution in [0.25, 0.3) is 0 Å². The van der Waals surface area contributed by atoms with E-state index >= 15 is 0 Å². The van der Waals surface area contributed by atoms with Gasteiger partial charge in [0.25, 0.3) is 5.91 Å². The van der Waals surface area contributed by atoms with Crippen molar-refractivity contribution in [1.29, 1.82) is 0 Å². The van der Waals surface area contributed by atoms with Crippen LogP contribution in [0.4, 0.5) is 5.69 Å². The first-order chi connectivity index (χ1) is 9.52. The monoisotopic (exact) mass is 292 g/mol. The van der Waals surface area contributed by atoms with E-state index in [0.29, 0.717) is 16.1 Å². The summed E-state index contributed by atoms with van der Waals surface area (Å²) in [5.41, 5.74) is 1.05. The predicted molar refractivity (Wildman–Crippen MR) is 74.4 cm³/mol. The van der Waals surface area contributed by atoms with Gasteiger partial charge in [0.2, 0.25) is 0 Å². The molecule has 0 aliphatic rings. The number of carbonyl (C=O) groups excluding carboxylic acids is 3. The number of methoxy groups -OCH3 is 1. The molecule has 20 heavy (non-hydrogen) atoms. The zero-order valence-corrected chi connectivity index (χ0v) is 11.7. The van der Waals surface area contributed by atoms with Gasteiger partial charge in [-0.15, -0.1) is 11.3 Å². The normalized spacial score (nSPS) is 10.1. The number of ether oxygens (including phenoxy) is 1. The fourth-order valence-electron chi connectivity index (χ4n) is 1.58. The highest BCUT2D eigenvalue weighted by Gasteiger charge is 2.17. The molecule has 2 aromatic rings. The van der Waals surface area contributed by atoms with Crippen LogP contribution in [0.5, 0.6) is 0 Å². The molecule has 0 atom stereocenters. The van der Waals surface area contributed by atoms with Crippen molar-refractivity contribution in [2.45, 2.75) is 6.92 Å². The summed E-state index contributed by atoms with van der Waals surface area (Å²) in [5, 5.41) is 4.28. The van der Waals surface area contributed by atoms with Gasteiger partial charge in [-0.05, 0) is 24.4 Å². The topological polar surface area (TPSA) is 88.3 Å². The van der Waals surface area contributed by atoms with Crippen LogP contribution in [0.3, 0.4) is 0 Å². The lowest BCUT2D eigenvalue weighted by atomic mass is 10.2. The molecule has 0 bridgehead atoms. The van der Waals surface area contributed by atoms with Gasteiger partial charge in [-0.1, -0.05) is 0 Å². The molecule has 7 heteroatoms. The van der Waals surface area contributed by atoms with Crippen molar-refractivity contribution < 1.29 is 19.1 Å². The Morgan fingerprint density at radius 1 is 1.35 bits per heavy atom. The number of carbonyl (C=O) groups is 3. The number of esters is 1. The molecule has 2 aromatic heterocycles. The molecule has 0 aromatic carbocycles. The Bertz CT molecular complexity index is 671. The maximum Gasteiger partial charge on any atom is 0.350 e. The standard InChI is InChI=1S/C13H12N2O4S/c1-7(16)8-5-10(14-6-8)12(17)15-9-3-4-20-11(9)13(18)19-2/h3-6,14H,1-2H3,(H,15,17). The summed E-state index contributed by atoms with van der Waals surface area (Å²) in [4.78, 5) is 37.7. The van der Waals surface area contributed by atoms with Gasteiger partial charge < -0.3 is 15.0 Å². The van der Waals surface area contributed by atoms with Crippen molar-refractivity contribution in [2.24, 2.45) is 0 Å². The van der Waals surface area contributed by atoms with Crippen LogP contribution in [0.15, 0.2) is 23.7 Å². The zero-order valence-electron chi connectivity index (χ0n) is 10.9. The number of hydrogen-bond acceptors (Lipinski definition) is 5. The molecule has 0 aliphatic carbocycles. The molecule has 0 aliphatic heterocycles. The van der Waals surface area contributed by atoms with Gasteiger partial charge in [0, 0.05) is 11.8 Å². The van der Waals surface area contributed by atoms with Crippen molar-refractivity contribution in [3.8, 4) is 0 Å². The van der Waals surface area contributed by atoms with Gasteiger partial charge in [-0.3, -0.25) is 9.59 Å². The van der Waals surface area contributed by atoms with Crippen LogP contribution >= 0.6 is 11.3 Å². The Morgan fingerprint density at radius 3 is 2.70 bits per heavy atom. The first-order valence-electron chi connectivity index (χ1n) is 5.69. The van der Waals surface area contributed by atoms with Gasteiger partial charge in [0.15, 0.2) is 5.78 Å². The number of aromatic nitrogens is 1. The summed E-state index contributed by atoms with van der Waals surface area (Å²) < 4.78 is 4.63. The first-order valence-corrected chi connectivity index (χ1v) is 6.57. The second kappa shape index (κ2) is 5.70. The van der Waals surface area contributed by atoms with Crippen molar-refractivity contribution in [1.82, 2.24) is 4.98 Å². The van der Waals surface area contributed by atoms with Gasteiger partial charge in [0.05, 0.1) is 12.8 Å². The van der Waals surface area contributed by atoms with E-state index in [0.717, 1.165) is 0 Å². The minimum atomic E-state index is -0.508. The molecule has 0 saturated heterocycles. The van der Waals surface area contributed by atoms with Crippen LogP contribution in [0, 0.1) is 0 Å². The maximum absolute atomic E-state index is 12.0. The fraction of sp³-hybridized carbons (Fsp3) is 0.154. The summed E-state index contributed by atoms with van der Waals surface area (Å²) >= 11 is 1.18. The van der Waals surface area contributed by atoms with Crippen LogP contribution in [0.2, 0.25) is 0 Å². The van der Waals surface area contributed by atoms with Gasteiger partial charge in [-0.2, -0.15) is 0 Å². The van der Waals surface area contributed by atoms with Crippen LogP contribution in [0.1, 0.15) is 37.4 Å². The number of anilines is 1. The van der Waals surface area contributed by atoms with E-state index in [4.69, 9.17) is 0 Å². The van der Waals surface area contributed by atoms with E-state index in [-0.39, 0.29) is 11.5 Å². The number of Topliss-reactive ketones (excluding diaryl/α,β-unsaturated/α-hetero) is 1. The lowest BCUT2D eigenvalue weighted by molar-refractivity contribution is 0.0607. The number of rotatable bonds is 4. The number of aromatic amines is 1. The second-order valence-corrected chi connectivity index (χ2v) is 4.88. The van der Waals surface area contributed by atoms with E-state index in [1.54, 1.807) is 11.4 Å². The third-order valence-corrected chi connectivity index (χ3v) is 3.51. The third-order valence-electron chi connectivity index (χ3n) is 2.62. The number of ketones is 1. The van der Waals surface area contributed by atoms with Gasteiger partial charge in [-0.25, -0.2) is 4.79 Å². The average molecular weight is 292 g/mol. The van der Waals surface area contributed by atoms with E-state index in [1.165, 1.54) is 37.6 Å². The number of thiophene rings is 1. The number of H-pyrrole nitrogens is 1. The summed E-state index contributed by atoms with van der Waals surface area (Å²) in [5.74, 6) is -1.07. The molecule has 1 amide bonds. The molecule has 0 spiro atoms. The van der Waals surface area contributed by atoms with Crippen LogP contribution in [-0.2, 0) is 4.74 Å². The molecule has 0 saturated carbocycles. The van der Waals surface area contributed by atoms with Crippen molar-refractivity contribution in [2.75, 3.05) is 12.4 Å². The highest BCUT2D eigenvalue weighted by molar-refractivity contribution is 7.12. The number of amides is 1. The molecule has 104 valence electrons. The Morgan fingerprint density at radius 2 is 2.10 bits per heavy atom. The molecule has 2 N–H and O–H groups in total. The van der Waals surface area contributed by atoms with Crippen LogP contribution < -0.4 is 5.32 Å². The fourth-order valence-corrected chi connectivity index (χ4v) is 2.34. The Kier molecular flexibility index (Phi) is 3.99. The number of nitrogens with one attached hydrogen (secondary N) is 2. The van der Waals surface area contributed by atoms with Crippen molar-refractivity contribution in [3.63, 3.8) is 0 Å². The summed E-state index contributed by atoms with van der Waals surface area (Å²) in [6, 6.07) is 3.07. The Hall–Kier alpha value is -2.41. The lowest BCUT2D eigenvalue weighted by Crippen LogP contribution is -2.14. The molecular weight excluding hydrogens is 280 g/mol. The maximum atomic E-state index is 12.0. The molecule has 0 fully saturated rings. The molecule has 2 heterocycles. The molecule has 2 rings (SSSR count). The lowest BCUT2D eigenvalue weighted by Gasteiger charge is -2.03. The smallest absolute Gasteiger partial charge is 0.350 e. The SMILES string of the molecule is COC(=O)c1sccc1NC(=O)c1cc(C(C)=O)c[nH]1. The predicted octanol–water partition coefficient (Wildman–Crippen LogP) is 2.32. The third kappa shape index (κ3) is 2.77. The summed E-state index contributed by atoms with van der Waals surface area (Å²) in [7, 11) is 1.28. The van der Waals surface area contributed by atoms with E-state index in [9.17, 15) is 14.4 Å². The summed E-state index contributed by atoms with van der Waals surface area (Å²) in [6.07, 6.45) is 1.46. The molecular formula is C13H12N2O4S. The molecule has 6 nitrogen and oxygen atoms in total. The van der Waals surface area contributed by atoms with Crippen molar-refractivity contribution in [3.05, 3.63) is 39.8 Å². The average Bonchev–Trinajstić information content (AvgIpc) is 3.06. The Balaban J connectivity index is 2.17. The van der Waals surface area contributed by atoms with Gasteiger partial charge in [0.1, 0.15) is 10.6 Å². The summed E-state index contributed by atoms with van der Waals surface area (Å²) in [6.45, 7) is 1.42. The Labute approximate surface area is 118 Å². The quantitative estimate of drug-likeness (QED) is 0.668. The van der Waals surface area contributed by atoms with E-state index in [1.807, 2.05) is 0 Å². The second-order valence-electron chi connectivity index (χ2n) is 3.97. The minimum absolute atomic E-state index is 0.133. The van der Waals surface area contributed by atoms with Gasteiger partial charge >= 0.3 is 5.97 Å². The van der Waals surface area contributed by atoms with E-state index < -0.39 is 11.9 Å². The highest BCUT2D eigenvalue weighted by Crippen LogP contribution is 2.23.